The van der Waals surface area contributed by atoms with Gasteiger partial charge in [-0.15, -0.1) is 0 Å². The van der Waals surface area contributed by atoms with Gasteiger partial charge in [0.2, 0.25) is 0 Å². The molecule has 0 spiro atoms. The Bertz CT molecular complexity index is 3200. The van der Waals surface area contributed by atoms with E-state index in [1.807, 2.05) is 18.2 Å². The molecule has 0 N–H and O–H groups in total. The number of para-hydroxylation sites is 1. The first kappa shape index (κ1) is 33.9. The van der Waals surface area contributed by atoms with E-state index in [4.69, 9.17) is 15.0 Å². The van der Waals surface area contributed by atoms with Gasteiger partial charge in [-0.1, -0.05) is 172 Å². The highest BCUT2D eigenvalue weighted by Gasteiger charge is 2.35. The minimum Gasteiger partial charge on any atom is -0.309 e. The topological polar surface area (TPSA) is 43.6 Å². The summed E-state index contributed by atoms with van der Waals surface area (Å²) in [5.74, 6) is 1.90. The van der Waals surface area contributed by atoms with Crippen molar-refractivity contribution in [2.45, 2.75) is 19.3 Å². The van der Waals surface area contributed by atoms with Crippen LogP contribution in [0.1, 0.15) is 25.0 Å². The second kappa shape index (κ2) is 13.4. The van der Waals surface area contributed by atoms with Crippen LogP contribution in [0.15, 0.2) is 194 Å². The summed E-state index contributed by atoms with van der Waals surface area (Å²) in [5.41, 5.74) is 16.1. The van der Waals surface area contributed by atoms with E-state index >= 15 is 0 Å². The molecule has 0 atom stereocenters. The number of benzene rings is 8. The predicted molar refractivity (Wildman–Crippen MR) is 239 cm³/mol. The molecule has 2 heterocycles. The summed E-state index contributed by atoms with van der Waals surface area (Å²) in [7, 11) is 0. The van der Waals surface area contributed by atoms with Gasteiger partial charge in [-0.05, 0) is 80.9 Å². The van der Waals surface area contributed by atoms with Crippen molar-refractivity contribution in [2.75, 3.05) is 0 Å². The van der Waals surface area contributed by atoms with Crippen molar-refractivity contribution in [3.8, 4) is 73.2 Å². The Morgan fingerprint density at radius 1 is 0.345 bits per heavy atom. The Labute approximate surface area is 337 Å². The van der Waals surface area contributed by atoms with E-state index in [1.54, 1.807) is 0 Å². The van der Waals surface area contributed by atoms with Crippen LogP contribution in [0.3, 0.4) is 0 Å². The van der Waals surface area contributed by atoms with E-state index in [0.29, 0.717) is 17.5 Å². The van der Waals surface area contributed by atoms with E-state index in [2.05, 4.69) is 194 Å². The number of fused-ring (bicyclic) bond motifs is 6. The maximum absolute atomic E-state index is 5.22. The van der Waals surface area contributed by atoms with Crippen LogP contribution in [-0.2, 0) is 5.41 Å². The molecule has 8 aromatic carbocycles. The maximum Gasteiger partial charge on any atom is 0.164 e. The van der Waals surface area contributed by atoms with Crippen LogP contribution in [0.25, 0.3) is 95.0 Å². The zero-order valence-electron chi connectivity index (χ0n) is 32.3. The van der Waals surface area contributed by atoms with Crippen LogP contribution >= 0.6 is 0 Å². The fourth-order valence-electron chi connectivity index (χ4n) is 8.92. The fraction of sp³-hybridized carbons (Fsp3) is 0.0556. The highest BCUT2D eigenvalue weighted by atomic mass is 15.0. The molecular formula is C54H38N4. The van der Waals surface area contributed by atoms with E-state index in [-0.39, 0.29) is 5.41 Å². The molecule has 0 saturated carbocycles. The third-order valence-electron chi connectivity index (χ3n) is 11.8. The van der Waals surface area contributed by atoms with Gasteiger partial charge >= 0.3 is 0 Å². The normalized spacial score (nSPS) is 12.8. The molecule has 0 fully saturated rings. The van der Waals surface area contributed by atoms with Gasteiger partial charge in [0.15, 0.2) is 17.5 Å². The fourth-order valence-corrected chi connectivity index (χ4v) is 8.92. The van der Waals surface area contributed by atoms with E-state index in [0.717, 1.165) is 44.5 Å². The van der Waals surface area contributed by atoms with E-state index < -0.39 is 0 Å². The van der Waals surface area contributed by atoms with Crippen LogP contribution in [-0.4, -0.2) is 19.5 Å². The molecule has 0 radical (unpaired) electrons. The van der Waals surface area contributed by atoms with E-state index in [9.17, 15) is 0 Å². The second-order valence-corrected chi connectivity index (χ2v) is 15.7. The molecule has 1 aliphatic carbocycles. The third kappa shape index (κ3) is 5.56. The average Bonchev–Trinajstić information content (AvgIpc) is 3.74. The molecule has 0 saturated heterocycles. The molecule has 0 bridgehead atoms. The summed E-state index contributed by atoms with van der Waals surface area (Å²) in [6, 6.07) is 69.0. The molecule has 11 rings (SSSR count). The van der Waals surface area contributed by atoms with Crippen molar-refractivity contribution in [3.63, 3.8) is 0 Å². The Morgan fingerprint density at radius 3 is 1.60 bits per heavy atom. The number of aromatic nitrogens is 4. The van der Waals surface area contributed by atoms with Crippen LogP contribution in [0.5, 0.6) is 0 Å². The highest BCUT2D eigenvalue weighted by molar-refractivity contribution is 6.10. The molecule has 0 unspecified atom stereocenters. The second-order valence-electron chi connectivity index (χ2n) is 15.7. The van der Waals surface area contributed by atoms with Crippen LogP contribution in [0.4, 0.5) is 0 Å². The van der Waals surface area contributed by atoms with Gasteiger partial charge in [0.25, 0.3) is 0 Å². The molecule has 1 aliphatic rings. The SMILES string of the molecule is CC1(C)c2ccccc2-c2ccc(-n3c4ccccc4c4ccc(-c5nc(-c6ccccc6)nc(-c6cccc(-c7cccc(-c8ccccc8)c7)c6)n5)cc43)cc21. The van der Waals surface area contributed by atoms with Gasteiger partial charge < -0.3 is 4.57 Å². The van der Waals surface area contributed by atoms with Crippen LogP contribution < -0.4 is 0 Å². The highest BCUT2D eigenvalue weighted by Crippen LogP contribution is 2.49. The van der Waals surface area contributed by atoms with Crippen molar-refractivity contribution in [1.82, 2.24) is 19.5 Å². The summed E-state index contributed by atoms with van der Waals surface area (Å²) in [4.78, 5) is 15.5. The molecule has 274 valence electrons. The predicted octanol–water partition coefficient (Wildman–Crippen LogP) is 13.6. The quantitative estimate of drug-likeness (QED) is 0.170. The molecule has 58 heavy (non-hydrogen) atoms. The summed E-state index contributed by atoms with van der Waals surface area (Å²) >= 11 is 0. The summed E-state index contributed by atoms with van der Waals surface area (Å²) in [5, 5.41) is 2.40. The Kier molecular flexibility index (Phi) is 7.80. The molecule has 10 aromatic rings. The Balaban J connectivity index is 1.06. The Morgan fingerprint density at radius 2 is 0.862 bits per heavy atom. The van der Waals surface area contributed by atoms with E-state index in [1.165, 1.54) is 44.2 Å². The molecule has 0 aliphatic heterocycles. The van der Waals surface area contributed by atoms with Crippen molar-refractivity contribution in [1.29, 1.82) is 0 Å². The standard InChI is InChI=1S/C54H38N4/c1-54(2)47-25-11-9-23-43(47)44-30-28-42(34-48(44)54)58-49-26-12-10-24-45(49)46-29-27-41(33-50(46)58)53-56-51(36-17-7-4-8-18-36)55-52(57-53)40-22-14-21-39(32-40)38-20-13-19-37(31-38)35-15-5-3-6-16-35/h3-34H,1-2H3. The first-order valence-electron chi connectivity index (χ1n) is 19.9. The first-order valence-corrected chi connectivity index (χ1v) is 19.9. The number of hydrogen-bond donors (Lipinski definition) is 0. The van der Waals surface area contributed by atoms with Gasteiger partial charge in [-0.2, -0.15) is 0 Å². The third-order valence-corrected chi connectivity index (χ3v) is 11.8. The van der Waals surface area contributed by atoms with Gasteiger partial charge in [-0.3, -0.25) is 0 Å². The van der Waals surface area contributed by atoms with Crippen molar-refractivity contribution < 1.29 is 0 Å². The lowest BCUT2D eigenvalue weighted by molar-refractivity contribution is 0.660. The average molecular weight is 743 g/mol. The maximum atomic E-state index is 5.22. The summed E-state index contributed by atoms with van der Waals surface area (Å²) < 4.78 is 2.40. The van der Waals surface area contributed by atoms with Gasteiger partial charge in [-0.25, -0.2) is 15.0 Å². The minimum absolute atomic E-state index is 0.108. The summed E-state index contributed by atoms with van der Waals surface area (Å²) in [6.07, 6.45) is 0. The molecule has 4 heteroatoms. The molecule has 4 nitrogen and oxygen atoms in total. The molecule has 2 aromatic heterocycles. The lowest BCUT2D eigenvalue weighted by atomic mass is 9.82. The van der Waals surface area contributed by atoms with Gasteiger partial charge in [0.05, 0.1) is 11.0 Å². The molecular weight excluding hydrogens is 705 g/mol. The van der Waals surface area contributed by atoms with Crippen molar-refractivity contribution in [2.24, 2.45) is 0 Å². The van der Waals surface area contributed by atoms with Gasteiger partial charge in [0.1, 0.15) is 0 Å². The number of nitrogens with zero attached hydrogens (tertiary/aromatic N) is 4. The smallest absolute Gasteiger partial charge is 0.164 e. The largest absolute Gasteiger partial charge is 0.309 e. The van der Waals surface area contributed by atoms with Crippen molar-refractivity contribution in [3.05, 3.63) is 205 Å². The zero-order valence-corrected chi connectivity index (χ0v) is 32.3. The Hall–Kier alpha value is -7.43. The minimum atomic E-state index is -0.108. The number of hydrogen-bond acceptors (Lipinski definition) is 3. The van der Waals surface area contributed by atoms with Gasteiger partial charge in [0, 0.05) is 38.6 Å². The molecule has 0 amide bonds. The van der Waals surface area contributed by atoms with Crippen LogP contribution in [0.2, 0.25) is 0 Å². The lowest BCUT2D eigenvalue weighted by Gasteiger charge is -2.22. The first-order chi connectivity index (χ1) is 28.5. The van der Waals surface area contributed by atoms with Crippen molar-refractivity contribution >= 4 is 21.8 Å². The number of rotatable bonds is 6. The van der Waals surface area contributed by atoms with Crippen LogP contribution in [0, 0.1) is 0 Å². The monoisotopic (exact) mass is 742 g/mol. The zero-order chi connectivity index (χ0) is 38.8. The lowest BCUT2D eigenvalue weighted by Crippen LogP contribution is -2.15. The summed E-state index contributed by atoms with van der Waals surface area (Å²) in [6.45, 7) is 4.68.